The minimum absolute atomic E-state index is 0.581. The Bertz CT molecular complexity index is 665. The number of nitrogens with zero attached hydrogens (tertiary/aromatic N) is 2. The Morgan fingerprint density at radius 3 is 2.61 bits per heavy atom. The molecule has 3 nitrogen and oxygen atoms in total. The zero-order valence-electron chi connectivity index (χ0n) is 10.1. The Kier molecular flexibility index (Phi) is 3.35. The molecule has 0 spiro atoms. The second kappa shape index (κ2) is 4.79. The fraction of sp³-hybridized carbons (Fsp3) is 0.143. The van der Waals surface area contributed by atoms with E-state index in [-0.39, 0.29) is 0 Å². The smallest absolute Gasteiger partial charge is 0.151 e. The van der Waals surface area contributed by atoms with Gasteiger partial charge in [-0.2, -0.15) is 5.26 Å². The van der Waals surface area contributed by atoms with Gasteiger partial charge in [-0.05, 0) is 38.1 Å². The van der Waals surface area contributed by atoms with E-state index in [1.165, 1.54) is 0 Å². The van der Waals surface area contributed by atoms with Gasteiger partial charge in [0, 0.05) is 21.4 Å². The van der Waals surface area contributed by atoms with Crippen LogP contribution in [0.5, 0.6) is 0 Å². The number of carbonyl (C=O) groups excluding carboxylic acids is 1. The normalized spacial score (nSPS) is 10.1. The molecule has 1 aromatic heterocycles. The summed E-state index contributed by atoms with van der Waals surface area (Å²) < 4.78 is 2.82. The molecule has 0 unspecified atom stereocenters. The van der Waals surface area contributed by atoms with Gasteiger partial charge in [0.2, 0.25) is 0 Å². The van der Waals surface area contributed by atoms with Crippen molar-refractivity contribution < 1.29 is 4.79 Å². The summed E-state index contributed by atoms with van der Waals surface area (Å²) in [7, 11) is 0. The van der Waals surface area contributed by atoms with E-state index in [2.05, 4.69) is 22.0 Å². The molecule has 0 saturated heterocycles. The Morgan fingerprint density at radius 1 is 1.33 bits per heavy atom. The quantitative estimate of drug-likeness (QED) is 0.797. The molecule has 2 aromatic rings. The lowest BCUT2D eigenvalue weighted by Gasteiger charge is -2.11. The third-order valence-electron chi connectivity index (χ3n) is 2.92. The molecule has 0 atom stereocenters. The molecule has 0 fully saturated rings. The highest BCUT2D eigenvalue weighted by atomic mass is 79.9. The lowest BCUT2D eigenvalue weighted by atomic mass is 10.2. The Hall–Kier alpha value is -1.86. The number of nitriles is 1. The summed E-state index contributed by atoms with van der Waals surface area (Å²) in [5.41, 5.74) is 3.80. The van der Waals surface area contributed by atoms with Crippen molar-refractivity contribution in [3.63, 3.8) is 0 Å². The molecule has 0 N–H and O–H groups in total. The van der Waals surface area contributed by atoms with Crippen LogP contribution in [0.3, 0.4) is 0 Å². The summed E-state index contributed by atoms with van der Waals surface area (Å²) in [6, 6.07) is 9.47. The highest BCUT2D eigenvalue weighted by molar-refractivity contribution is 9.10. The number of hydrogen-bond donors (Lipinski definition) is 0. The molecule has 0 bridgehead atoms. The first-order valence-corrected chi connectivity index (χ1v) is 6.22. The molecular formula is C14H11BrN2O. The topological polar surface area (TPSA) is 45.8 Å². The maximum absolute atomic E-state index is 11.0. The van der Waals surface area contributed by atoms with E-state index in [1.807, 2.05) is 36.6 Å². The first-order valence-electron chi connectivity index (χ1n) is 5.42. The number of aldehydes is 1. The van der Waals surface area contributed by atoms with E-state index in [1.54, 1.807) is 6.07 Å². The number of halogens is 1. The van der Waals surface area contributed by atoms with Crippen LogP contribution in [0.4, 0.5) is 0 Å². The van der Waals surface area contributed by atoms with Crippen LogP contribution in [0, 0.1) is 25.2 Å². The van der Waals surface area contributed by atoms with Crippen molar-refractivity contribution in [2.45, 2.75) is 13.8 Å². The van der Waals surface area contributed by atoms with Crippen molar-refractivity contribution in [3.8, 4) is 11.8 Å². The van der Waals surface area contributed by atoms with Gasteiger partial charge < -0.3 is 4.57 Å². The van der Waals surface area contributed by atoms with Gasteiger partial charge in [-0.1, -0.05) is 15.9 Å². The van der Waals surface area contributed by atoms with Crippen molar-refractivity contribution in [1.29, 1.82) is 5.26 Å². The van der Waals surface area contributed by atoms with Gasteiger partial charge in [0.1, 0.15) is 6.07 Å². The van der Waals surface area contributed by atoms with Gasteiger partial charge in [-0.3, -0.25) is 4.79 Å². The molecule has 0 radical (unpaired) electrons. The third-order valence-corrected chi connectivity index (χ3v) is 3.41. The number of carbonyl (C=O) groups is 1. The van der Waals surface area contributed by atoms with Gasteiger partial charge in [0.05, 0.1) is 11.3 Å². The lowest BCUT2D eigenvalue weighted by molar-refractivity contribution is 0.112. The molecule has 0 aliphatic carbocycles. The zero-order valence-corrected chi connectivity index (χ0v) is 11.7. The van der Waals surface area contributed by atoms with Crippen molar-refractivity contribution in [1.82, 2.24) is 4.57 Å². The summed E-state index contributed by atoms with van der Waals surface area (Å²) >= 11 is 3.40. The molecule has 0 aliphatic rings. The second-order valence-electron chi connectivity index (χ2n) is 4.05. The second-order valence-corrected chi connectivity index (χ2v) is 4.97. The molecule has 18 heavy (non-hydrogen) atoms. The maximum atomic E-state index is 11.0. The zero-order chi connectivity index (χ0) is 13.3. The van der Waals surface area contributed by atoms with Gasteiger partial charge in [-0.25, -0.2) is 0 Å². The summed E-state index contributed by atoms with van der Waals surface area (Å²) in [6.45, 7) is 3.79. The van der Waals surface area contributed by atoms with E-state index >= 15 is 0 Å². The Morgan fingerprint density at radius 2 is 2.06 bits per heavy atom. The maximum Gasteiger partial charge on any atom is 0.151 e. The molecule has 1 aromatic carbocycles. The first-order chi connectivity index (χ1) is 8.58. The summed E-state index contributed by atoms with van der Waals surface area (Å²) in [5.74, 6) is 0. The van der Waals surface area contributed by atoms with Crippen LogP contribution in [0.25, 0.3) is 5.69 Å². The van der Waals surface area contributed by atoms with Crippen LogP contribution in [-0.2, 0) is 0 Å². The fourth-order valence-electron chi connectivity index (χ4n) is 2.06. The fourth-order valence-corrected chi connectivity index (χ4v) is 2.41. The standard InChI is InChI=1S/C14H11BrN2O/c1-9-5-12(8-18)10(2)17(9)14-6-13(15)4-3-11(14)7-16/h3-6,8H,1-2H3. The highest BCUT2D eigenvalue weighted by Gasteiger charge is 2.13. The number of rotatable bonds is 2. The van der Waals surface area contributed by atoms with Crippen LogP contribution in [0.15, 0.2) is 28.7 Å². The van der Waals surface area contributed by atoms with Crippen LogP contribution < -0.4 is 0 Å². The predicted octanol–water partition coefficient (Wildman–Crippen LogP) is 3.54. The minimum Gasteiger partial charge on any atom is -0.316 e. The largest absolute Gasteiger partial charge is 0.316 e. The minimum atomic E-state index is 0.581. The van der Waals surface area contributed by atoms with E-state index < -0.39 is 0 Å². The van der Waals surface area contributed by atoms with Crippen LogP contribution in [-0.4, -0.2) is 10.9 Å². The van der Waals surface area contributed by atoms with Gasteiger partial charge in [0.25, 0.3) is 0 Å². The molecule has 4 heteroatoms. The molecular weight excluding hydrogens is 292 g/mol. The van der Waals surface area contributed by atoms with E-state index in [4.69, 9.17) is 5.26 Å². The van der Waals surface area contributed by atoms with Crippen molar-refractivity contribution in [2.24, 2.45) is 0 Å². The van der Waals surface area contributed by atoms with E-state index in [0.717, 1.165) is 27.8 Å². The average Bonchev–Trinajstić information content (AvgIpc) is 2.64. The summed E-state index contributed by atoms with van der Waals surface area (Å²) in [4.78, 5) is 11.0. The molecule has 0 amide bonds. The van der Waals surface area contributed by atoms with Crippen molar-refractivity contribution in [3.05, 3.63) is 51.3 Å². The molecule has 0 saturated carbocycles. The van der Waals surface area contributed by atoms with Gasteiger partial charge in [-0.15, -0.1) is 0 Å². The van der Waals surface area contributed by atoms with Gasteiger partial charge >= 0.3 is 0 Å². The Labute approximate surface area is 114 Å². The predicted molar refractivity (Wildman–Crippen MR) is 73.0 cm³/mol. The molecule has 1 heterocycles. The number of aromatic nitrogens is 1. The van der Waals surface area contributed by atoms with Crippen molar-refractivity contribution >= 4 is 22.2 Å². The third kappa shape index (κ3) is 1.98. The summed E-state index contributed by atoms with van der Waals surface area (Å²) in [5, 5.41) is 9.17. The van der Waals surface area contributed by atoms with Crippen LogP contribution in [0.1, 0.15) is 27.3 Å². The monoisotopic (exact) mass is 302 g/mol. The first kappa shape index (κ1) is 12.6. The van der Waals surface area contributed by atoms with Crippen LogP contribution in [0.2, 0.25) is 0 Å². The molecule has 90 valence electrons. The summed E-state index contributed by atoms with van der Waals surface area (Å²) in [6.07, 6.45) is 0.836. The Balaban J connectivity index is 2.77. The van der Waals surface area contributed by atoms with E-state index in [9.17, 15) is 4.79 Å². The van der Waals surface area contributed by atoms with Crippen LogP contribution >= 0.6 is 15.9 Å². The number of hydrogen-bond acceptors (Lipinski definition) is 2. The lowest BCUT2D eigenvalue weighted by Crippen LogP contribution is -2.02. The van der Waals surface area contributed by atoms with Crippen molar-refractivity contribution in [2.75, 3.05) is 0 Å². The average molecular weight is 303 g/mol. The SMILES string of the molecule is Cc1cc(C=O)c(C)n1-c1cc(Br)ccc1C#N. The number of aryl methyl sites for hydroxylation is 1. The number of benzene rings is 1. The van der Waals surface area contributed by atoms with Gasteiger partial charge in [0.15, 0.2) is 6.29 Å². The molecule has 2 rings (SSSR count). The highest BCUT2D eigenvalue weighted by Crippen LogP contribution is 2.25. The molecule has 0 aliphatic heterocycles. The van der Waals surface area contributed by atoms with E-state index in [0.29, 0.717) is 11.1 Å².